The average Bonchev–Trinajstić information content (AvgIpc) is 2.64. The number of aliphatic hydroxyl groups excluding tert-OH is 1. The Morgan fingerprint density at radius 3 is 1.50 bits per heavy atom. The summed E-state index contributed by atoms with van der Waals surface area (Å²) in [6.45, 7) is 3.31. The molecule has 3 heteroatoms. The van der Waals surface area contributed by atoms with Crippen LogP contribution in [0.25, 0.3) is 0 Å². The Labute approximate surface area is 163 Å². The van der Waals surface area contributed by atoms with Gasteiger partial charge in [0.1, 0.15) is 5.78 Å². The molecule has 1 N–H and O–H groups in total. The quantitative estimate of drug-likeness (QED) is 0.218. The lowest BCUT2D eigenvalue weighted by Gasteiger charge is -2.04. The molecule has 0 aromatic heterocycles. The molecule has 0 saturated carbocycles. The zero-order chi connectivity index (χ0) is 19.1. The van der Waals surface area contributed by atoms with Gasteiger partial charge in [0.2, 0.25) is 0 Å². The van der Waals surface area contributed by atoms with Gasteiger partial charge in [-0.05, 0) is 12.8 Å². The molecule has 0 fully saturated rings. The molecule has 0 spiro atoms. The normalized spacial score (nSPS) is 11.2. The molecule has 26 heavy (non-hydrogen) atoms. The van der Waals surface area contributed by atoms with Gasteiger partial charge in [0.25, 0.3) is 0 Å². The summed E-state index contributed by atoms with van der Waals surface area (Å²) in [6.07, 6.45) is 22.5. The van der Waals surface area contributed by atoms with E-state index in [9.17, 15) is 4.79 Å². The van der Waals surface area contributed by atoms with Crippen molar-refractivity contribution in [1.29, 1.82) is 0 Å². The van der Waals surface area contributed by atoms with Crippen molar-refractivity contribution >= 4 is 5.78 Å². The number of unbranched alkanes of at least 4 members (excludes halogenated alkanes) is 14. The predicted octanol–water partition coefficient (Wildman–Crippen LogP) is 6.61. The van der Waals surface area contributed by atoms with Crippen molar-refractivity contribution in [1.82, 2.24) is 0 Å². The van der Waals surface area contributed by atoms with Crippen molar-refractivity contribution in [3.8, 4) is 0 Å². The Hall–Kier alpha value is -0.410. The minimum Gasteiger partial charge on any atom is -0.394 e. The fourth-order valence-electron chi connectivity index (χ4n) is 3.36. The van der Waals surface area contributed by atoms with Crippen LogP contribution >= 0.6 is 0 Å². The van der Waals surface area contributed by atoms with Crippen LogP contribution in [0.2, 0.25) is 0 Å². The van der Waals surface area contributed by atoms with Gasteiger partial charge in [0, 0.05) is 19.4 Å². The molecular weight excluding hydrogens is 324 g/mol. The molecule has 0 heterocycles. The maximum absolute atomic E-state index is 11.7. The maximum atomic E-state index is 11.7. The molecule has 0 amide bonds. The van der Waals surface area contributed by atoms with Crippen LogP contribution in [0.15, 0.2) is 0 Å². The first-order valence-corrected chi connectivity index (χ1v) is 11.5. The largest absolute Gasteiger partial charge is 0.394 e. The number of carbonyl (C=O) groups excluding carboxylic acids is 1. The lowest BCUT2D eigenvalue weighted by Crippen LogP contribution is -2.04. The summed E-state index contributed by atoms with van der Waals surface area (Å²) < 4.78 is 5.16. The third-order valence-electron chi connectivity index (χ3n) is 5.04. The van der Waals surface area contributed by atoms with Crippen LogP contribution in [0.1, 0.15) is 122 Å². The molecule has 0 aliphatic carbocycles. The first kappa shape index (κ1) is 25.6. The highest BCUT2D eigenvalue weighted by Crippen LogP contribution is 2.14. The molecule has 0 aromatic carbocycles. The van der Waals surface area contributed by atoms with Crippen molar-refractivity contribution in [2.45, 2.75) is 122 Å². The van der Waals surface area contributed by atoms with E-state index in [2.05, 4.69) is 6.92 Å². The van der Waals surface area contributed by atoms with Crippen molar-refractivity contribution < 1.29 is 14.6 Å². The average molecular weight is 371 g/mol. The summed E-state index contributed by atoms with van der Waals surface area (Å²) in [7, 11) is 0. The van der Waals surface area contributed by atoms with Crippen LogP contribution in [0.3, 0.4) is 0 Å². The van der Waals surface area contributed by atoms with Crippen LogP contribution < -0.4 is 0 Å². The molecule has 0 saturated heterocycles. The summed E-state index contributed by atoms with van der Waals surface area (Å²) in [4.78, 5) is 11.7. The van der Waals surface area contributed by atoms with E-state index >= 15 is 0 Å². The van der Waals surface area contributed by atoms with Gasteiger partial charge < -0.3 is 9.84 Å². The number of aliphatic hydroxyl groups is 1. The van der Waals surface area contributed by atoms with Crippen molar-refractivity contribution in [3.05, 3.63) is 0 Å². The predicted molar refractivity (Wildman–Crippen MR) is 112 cm³/mol. The van der Waals surface area contributed by atoms with E-state index in [0.29, 0.717) is 25.4 Å². The van der Waals surface area contributed by atoms with Crippen LogP contribution in [0, 0.1) is 0 Å². The molecule has 156 valence electrons. The lowest BCUT2D eigenvalue weighted by molar-refractivity contribution is -0.119. The van der Waals surface area contributed by atoms with Gasteiger partial charge in [-0.1, -0.05) is 96.8 Å². The van der Waals surface area contributed by atoms with E-state index in [-0.39, 0.29) is 6.61 Å². The van der Waals surface area contributed by atoms with Crippen molar-refractivity contribution in [2.75, 3.05) is 19.8 Å². The van der Waals surface area contributed by atoms with Gasteiger partial charge in [-0.15, -0.1) is 0 Å². The SMILES string of the molecule is CCCCCCCCCCCCCCCCCC(=O)CCCOCCO. The van der Waals surface area contributed by atoms with E-state index in [1.54, 1.807) is 0 Å². The van der Waals surface area contributed by atoms with E-state index < -0.39 is 0 Å². The minimum atomic E-state index is 0.0626. The molecule has 0 aliphatic heterocycles. The Morgan fingerprint density at radius 1 is 0.615 bits per heavy atom. The number of ether oxygens (including phenoxy) is 1. The Kier molecular flexibility index (Phi) is 22.3. The van der Waals surface area contributed by atoms with Crippen LogP contribution in [0.5, 0.6) is 0 Å². The highest BCUT2D eigenvalue weighted by molar-refractivity contribution is 5.78. The van der Waals surface area contributed by atoms with Crippen molar-refractivity contribution in [2.24, 2.45) is 0 Å². The number of hydrogen-bond acceptors (Lipinski definition) is 3. The van der Waals surface area contributed by atoms with Gasteiger partial charge >= 0.3 is 0 Å². The van der Waals surface area contributed by atoms with Gasteiger partial charge in [0.05, 0.1) is 13.2 Å². The molecule has 0 rings (SSSR count). The van der Waals surface area contributed by atoms with E-state index in [0.717, 1.165) is 19.3 Å². The van der Waals surface area contributed by atoms with E-state index in [1.807, 2.05) is 0 Å². The number of rotatable bonds is 22. The highest BCUT2D eigenvalue weighted by Gasteiger charge is 2.02. The van der Waals surface area contributed by atoms with Gasteiger partial charge in [-0.25, -0.2) is 0 Å². The Balaban J connectivity index is 3.09. The maximum Gasteiger partial charge on any atom is 0.132 e. The van der Waals surface area contributed by atoms with E-state index in [4.69, 9.17) is 9.84 Å². The molecule has 0 aromatic rings. The van der Waals surface area contributed by atoms with Crippen LogP contribution in [-0.2, 0) is 9.53 Å². The summed E-state index contributed by atoms with van der Waals surface area (Å²) in [5.74, 6) is 0.368. The second-order valence-electron chi connectivity index (χ2n) is 7.68. The topological polar surface area (TPSA) is 46.5 Å². The minimum absolute atomic E-state index is 0.0626. The van der Waals surface area contributed by atoms with Crippen molar-refractivity contribution in [3.63, 3.8) is 0 Å². The van der Waals surface area contributed by atoms with Crippen LogP contribution in [0.4, 0.5) is 0 Å². The highest BCUT2D eigenvalue weighted by atomic mass is 16.5. The second-order valence-corrected chi connectivity index (χ2v) is 7.68. The van der Waals surface area contributed by atoms with Crippen LogP contribution in [-0.4, -0.2) is 30.7 Å². The molecule has 0 radical (unpaired) electrons. The molecule has 0 atom stereocenters. The third kappa shape index (κ3) is 21.6. The van der Waals surface area contributed by atoms with Gasteiger partial charge in [-0.3, -0.25) is 4.79 Å². The first-order chi connectivity index (χ1) is 12.8. The zero-order valence-corrected chi connectivity index (χ0v) is 17.6. The summed E-state index contributed by atoms with van der Waals surface area (Å²) in [5, 5.41) is 8.59. The summed E-state index contributed by atoms with van der Waals surface area (Å²) >= 11 is 0. The molecule has 3 nitrogen and oxygen atoms in total. The third-order valence-corrected chi connectivity index (χ3v) is 5.04. The molecular formula is C23H46O3. The molecule has 0 unspecified atom stereocenters. The number of carbonyl (C=O) groups is 1. The molecule has 0 bridgehead atoms. The molecule has 0 aliphatic rings. The zero-order valence-electron chi connectivity index (χ0n) is 17.6. The van der Waals surface area contributed by atoms with Gasteiger partial charge in [-0.2, -0.15) is 0 Å². The number of hydrogen-bond donors (Lipinski definition) is 1. The number of ketones is 1. The lowest BCUT2D eigenvalue weighted by atomic mass is 10.0. The fourth-order valence-corrected chi connectivity index (χ4v) is 3.36. The smallest absolute Gasteiger partial charge is 0.132 e. The van der Waals surface area contributed by atoms with E-state index in [1.165, 1.54) is 89.9 Å². The Morgan fingerprint density at radius 2 is 1.04 bits per heavy atom. The number of Topliss-reactive ketones (excluding diaryl/α,β-unsaturated/α-hetero) is 1. The summed E-state index contributed by atoms with van der Waals surface area (Å²) in [6, 6.07) is 0. The Bertz CT molecular complexity index is 279. The first-order valence-electron chi connectivity index (χ1n) is 11.5. The van der Waals surface area contributed by atoms with Gasteiger partial charge in [0.15, 0.2) is 0 Å². The summed E-state index contributed by atoms with van der Waals surface area (Å²) in [5.41, 5.74) is 0. The standard InChI is InChI=1S/C23H46O3/c1-2-3-4-5-6-7-8-9-10-11-12-13-14-15-16-18-23(25)19-17-21-26-22-20-24/h24H,2-22H2,1H3. The second kappa shape index (κ2) is 22.6. The fraction of sp³-hybridized carbons (Fsp3) is 0.957. The monoisotopic (exact) mass is 370 g/mol.